The fourth-order valence-corrected chi connectivity index (χ4v) is 6.14. The Bertz CT molecular complexity index is 1790. The number of rotatable bonds is 6. The van der Waals surface area contributed by atoms with Crippen LogP contribution in [0.2, 0.25) is 0 Å². The van der Waals surface area contributed by atoms with Gasteiger partial charge in [0.05, 0.1) is 25.3 Å². The Morgan fingerprint density at radius 1 is 0.676 bits per heavy atom. The molecule has 0 fully saturated rings. The Hall–Kier alpha value is 0.200. The number of hydrogen-bond acceptors (Lipinski definition) is 12. The van der Waals surface area contributed by atoms with Crippen LogP contribution in [-0.4, -0.2) is 47.3 Å². The maximum absolute atomic E-state index is 12.9. The Morgan fingerprint density at radius 2 is 1.22 bits per heavy atom. The first-order chi connectivity index (χ1) is 15.3. The summed E-state index contributed by atoms with van der Waals surface area (Å²) in [7, 11) is -21.0. The van der Waals surface area contributed by atoms with Gasteiger partial charge in [-0.25, -0.2) is 33.7 Å². The van der Waals surface area contributed by atoms with Gasteiger partial charge in [0.1, 0.15) is 30.4 Å². The molecule has 3 aromatic carbocycles. The molecule has 0 spiro atoms. The van der Waals surface area contributed by atoms with E-state index in [0.29, 0.717) is 23.8 Å². The maximum atomic E-state index is 12.9. The van der Waals surface area contributed by atoms with Crippen LogP contribution in [0.15, 0.2) is 62.0 Å². The Balaban J connectivity index is 0.00000432. The number of anilines is 2. The van der Waals surface area contributed by atoms with Crippen molar-refractivity contribution in [3.05, 3.63) is 48.0 Å². The molecule has 0 aromatic heterocycles. The van der Waals surface area contributed by atoms with Gasteiger partial charge >= 0.3 is 88.7 Å². The number of nitrogens with one attached hydrogen (secondary N) is 1. The van der Waals surface area contributed by atoms with Crippen LogP contribution in [0.1, 0.15) is 5.56 Å². The number of sulfonamides is 1. The number of hydrogen-bond donors (Lipinski definition) is 2. The van der Waals surface area contributed by atoms with Crippen LogP contribution in [0, 0.1) is 6.92 Å². The zero-order valence-electron chi connectivity index (χ0n) is 19.7. The molecule has 0 radical (unpaired) electrons. The SMILES string of the molecule is Cc1ccc(S(=O)(=O)Nc2ccc(S(=O)(=O)[O-])c3cc(S(=O)(=O)[O-])cc(S(=O)(=O)[O-])c23)cc1N.[Na+].[Na+].[Na+]. The van der Waals surface area contributed by atoms with E-state index in [1.54, 1.807) is 6.92 Å². The largest absolute Gasteiger partial charge is 1.00 e. The Kier molecular flexibility index (Phi) is 12.9. The zero-order valence-corrected chi connectivity index (χ0v) is 29.0. The van der Waals surface area contributed by atoms with Crippen molar-refractivity contribution in [3.63, 3.8) is 0 Å². The molecule has 37 heavy (non-hydrogen) atoms. The second kappa shape index (κ2) is 12.8. The summed E-state index contributed by atoms with van der Waals surface area (Å²) in [5.74, 6) is 0. The van der Waals surface area contributed by atoms with Gasteiger partial charge in [0.2, 0.25) is 0 Å². The average Bonchev–Trinajstić information content (AvgIpc) is 2.66. The van der Waals surface area contributed by atoms with Crippen molar-refractivity contribution in [2.45, 2.75) is 26.5 Å². The van der Waals surface area contributed by atoms with E-state index in [1.807, 2.05) is 4.72 Å². The summed E-state index contributed by atoms with van der Waals surface area (Å²) in [4.78, 5) is -4.35. The van der Waals surface area contributed by atoms with Gasteiger partial charge in [-0.05, 0) is 48.9 Å². The number of nitrogen functional groups attached to an aromatic ring is 1. The topological polar surface area (TPSA) is 244 Å². The minimum Gasteiger partial charge on any atom is -0.744 e. The summed E-state index contributed by atoms with van der Waals surface area (Å²) in [6.45, 7) is 1.60. The van der Waals surface area contributed by atoms with Gasteiger partial charge in [0.15, 0.2) is 0 Å². The van der Waals surface area contributed by atoms with Crippen molar-refractivity contribution in [2.75, 3.05) is 10.5 Å². The first kappa shape index (κ1) is 37.2. The molecule has 0 heterocycles. The molecular formula is C17H13N2Na3O11S4. The van der Waals surface area contributed by atoms with E-state index in [4.69, 9.17) is 5.73 Å². The smallest absolute Gasteiger partial charge is 0.744 e. The van der Waals surface area contributed by atoms with Crippen molar-refractivity contribution in [3.8, 4) is 0 Å². The predicted octanol–water partition coefficient (Wildman–Crippen LogP) is -8.74. The van der Waals surface area contributed by atoms with Crippen LogP contribution in [0.3, 0.4) is 0 Å². The van der Waals surface area contributed by atoms with Gasteiger partial charge in [-0.15, -0.1) is 0 Å². The van der Waals surface area contributed by atoms with Gasteiger partial charge in [0.25, 0.3) is 10.0 Å². The molecule has 0 bridgehead atoms. The third-order valence-electron chi connectivity index (χ3n) is 4.64. The molecule has 3 rings (SSSR count). The third kappa shape index (κ3) is 8.35. The van der Waals surface area contributed by atoms with Crippen LogP contribution >= 0.6 is 0 Å². The maximum Gasteiger partial charge on any atom is 1.00 e. The predicted molar refractivity (Wildman–Crippen MR) is 114 cm³/mol. The summed E-state index contributed by atoms with van der Waals surface area (Å²) >= 11 is 0. The molecule has 3 aromatic rings. The van der Waals surface area contributed by atoms with Crippen molar-refractivity contribution < 1.29 is 136 Å². The second-order valence-electron chi connectivity index (χ2n) is 6.94. The van der Waals surface area contributed by atoms with E-state index in [0.717, 1.165) is 12.1 Å². The average molecular weight is 619 g/mol. The van der Waals surface area contributed by atoms with Crippen LogP contribution in [0.4, 0.5) is 11.4 Å². The molecule has 0 amide bonds. The molecule has 0 saturated heterocycles. The minimum absolute atomic E-state index is 0. The van der Waals surface area contributed by atoms with Crippen molar-refractivity contribution in [2.24, 2.45) is 0 Å². The molecule has 20 heteroatoms. The van der Waals surface area contributed by atoms with E-state index < -0.39 is 76.4 Å². The molecule has 0 unspecified atom stereocenters. The molecular weight excluding hydrogens is 605 g/mol. The quantitative estimate of drug-likeness (QED) is 0.149. The molecule has 0 aliphatic heterocycles. The molecule has 0 saturated carbocycles. The van der Waals surface area contributed by atoms with Gasteiger partial charge in [-0.1, -0.05) is 6.07 Å². The second-order valence-corrected chi connectivity index (χ2v) is 12.7. The summed E-state index contributed by atoms with van der Waals surface area (Å²) in [5.41, 5.74) is 5.65. The molecule has 3 N–H and O–H groups in total. The Labute approximate surface area is 279 Å². The minimum atomic E-state index is -5.63. The van der Waals surface area contributed by atoms with E-state index in [2.05, 4.69) is 0 Å². The number of fused-ring (bicyclic) bond motifs is 1. The van der Waals surface area contributed by atoms with Crippen LogP contribution in [0.5, 0.6) is 0 Å². The first-order valence-corrected chi connectivity index (χ1v) is 14.4. The van der Waals surface area contributed by atoms with Gasteiger partial charge in [-0.3, -0.25) is 4.72 Å². The van der Waals surface area contributed by atoms with E-state index >= 15 is 0 Å². The van der Waals surface area contributed by atoms with Gasteiger partial charge < -0.3 is 19.4 Å². The fraction of sp³-hybridized carbons (Fsp3) is 0.0588. The van der Waals surface area contributed by atoms with Crippen LogP contribution < -0.4 is 99.1 Å². The van der Waals surface area contributed by atoms with Gasteiger partial charge in [0, 0.05) is 16.5 Å². The molecule has 0 aliphatic carbocycles. The zero-order chi connectivity index (χ0) is 25.9. The standard InChI is InChI=1S/C17H16N2O11S4.3Na/c1-9-2-3-10(7-13(9)18)31(20,21)19-14-4-5-15(33(25,26)27)12-6-11(32(22,23)24)8-16(17(12)14)34(28,29)30;;;/h2-8,19H,18H2,1H3,(H,22,23,24)(H,25,26,27)(H,28,29,30);;;/q;3*+1/p-3. The van der Waals surface area contributed by atoms with Crippen molar-refractivity contribution in [1.29, 1.82) is 0 Å². The van der Waals surface area contributed by atoms with E-state index in [1.165, 1.54) is 6.07 Å². The fourth-order valence-electron chi connectivity index (χ4n) is 3.03. The number of aryl methyl sites for hydroxylation is 1. The monoisotopic (exact) mass is 618 g/mol. The Morgan fingerprint density at radius 3 is 1.68 bits per heavy atom. The number of benzene rings is 3. The normalized spacial score (nSPS) is 12.1. The van der Waals surface area contributed by atoms with Crippen LogP contribution in [0.25, 0.3) is 10.8 Å². The van der Waals surface area contributed by atoms with E-state index in [-0.39, 0.29) is 100 Å². The molecule has 184 valence electrons. The summed E-state index contributed by atoms with van der Waals surface area (Å²) in [6, 6.07) is 5.36. The number of nitrogens with two attached hydrogens (primary N) is 1. The first-order valence-electron chi connectivity index (χ1n) is 8.70. The van der Waals surface area contributed by atoms with Crippen molar-refractivity contribution >= 4 is 62.5 Å². The van der Waals surface area contributed by atoms with Crippen molar-refractivity contribution in [1.82, 2.24) is 0 Å². The third-order valence-corrected chi connectivity index (χ3v) is 8.58. The van der Waals surface area contributed by atoms with Gasteiger partial charge in [-0.2, -0.15) is 0 Å². The van der Waals surface area contributed by atoms with Crippen LogP contribution in [-0.2, 0) is 40.4 Å². The molecule has 0 atom stereocenters. The van der Waals surface area contributed by atoms with E-state index in [9.17, 15) is 47.3 Å². The molecule has 13 nitrogen and oxygen atoms in total. The summed E-state index contributed by atoms with van der Waals surface area (Å²) < 4.78 is 133. The summed E-state index contributed by atoms with van der Waals surface area (Å²) in [5, 5.41) is -1.90. The summed E-state index contributed by atoms with van der Waals surface area (Å²) in [6.07, 6.45) is 0. The molecule has 0 aliphatic rings.